The van der Waals surface area contributed by atoms with Gasteiger partial charge in [-0.25, -0.2) is 13.2 Å². The zero-order chi connectivity index (χ0) is 21.3. The molecule has 11 heteroatoms. The molecule has 1 aromatic carbocycles. The van der Waals surface area contributed by atoms with E-state index in [9.17, 15) is 13.2 Å². The molecular weight excluding hydrogens is 457 g/mol. The number of nitrogens with one attached hydrogen (secondary N) is 2. The van der Waals surface area contributed by atoms with Gasteiger partial charge in [-0.3, -0.25) is 0 Å². The average molecular weight is 474 g/mol. The molecule has 0 spiro atoms. The number of aryl methyl sites for hydroxylation is 1. The molecule has 0 atom stereocenters. The van der Waals surface area contributed by atoms with Crippen LogP contribution >= 0.6 is 34.5 Å². The number of thiophene rings is 1. The molecule has 0 aliphatic carbocycles. The molecule has 29 heavy (non-hydrogen) atoms. The molecule has 0 aliphatic rings. The first-order valence-electron chi connectivity index (χ1n) is 8.41. The number of hydrogen-bond donors (Lipinski definition) is 2. The van der Waals surface area contributed by atoms with Gasteiger partial charge < -0.3 is 15.2 Å². The Hall–Kier alpha value is -2.07. The number of benzene rings is 1. The predicted molar refractivity (Wildman–Crippen MR) is 116 cm³/mol. The first-order valence-corrected chi connectivity index (χ1v) is 11.7. The van der Waals surface area contributed by atoms with Gasteiger partial charge in [-0.05, 0) is 32.9 Å². The van der Waals surface area contributed by atoms with Crippen molar-refractivity contribution < 1.29 is 17.7 Å². The number of carbonyl (C=O) groups excluding carboxylic acids is 1. The lowest BCUT2D eigenvalue weighted by atomic mass is 10.1. The van der Waals surface area contributed by atoms with Gasteiger partial charge in [-0.1, -0.05) is 34.4 Å². The van der Waals surface area contributed by atoms with E-state index in [4.69, 9.17) is 27.7 Å². The number of anilines is 2. The van der Waals surface area contributed by atoms with E-state index in [0.29, 0.717) is 21.4 Å². The van der Waals surface area contributed by atoms with Crippen molar-refractivity contribution in [2.75, 3.05) is 10.6 Å². The Morgan fingerprint density at radius 3 is 2.45 bits per heavy atom. The summed E-state index contributed by atoms with van der Waals surface area (Å²) in [5.41, 5.74) is 1.17. The maximum Gasteiger partial charge on any atom is 0.323 e. The molecule has 3 aromatic rings. The predicted octanol–water partition coefficient (Wildman–Crippen LogP) is 5.84. The summed E-state index contributed by atoms with van der Waals surface area (Å²) in [5.74, 6) is 0.339. The van der Waals surface area contributed by atoms with Crippen molar-refractivity contribution in [1.29, 1.82) is 0 Å². The summed E-state index contributed by atoms with van der Waals surface area (Å²) < 4.78 is 30.1. The quantitative estimate of drug-likeness (QED) is 0.484. The second-order valence-corrected chi connectivity index (χ2v) is 10.4. The van der Waals surface area contributed by atoms with Gasteiger partial charge in [0.2, 0.25) is 0 Å². The van der Waals surface area contributed by atoms with Crippen molar-refractivity contribution in [3.05, 3.63) is 44.8 Å². The van der Waals surface area contributed by atoms with Crippen LogP contribution in [0.1, 0.15) is 19.6 Å². The van der Waals surface area contributed by atoms with Gasteiger partial charge >= 0.3 is 6.03 Å². The van der Waals surface area contributed by atoms with Gasteiger partial charge in [0, 0.05) is 16.3 Å². The molecule has 0 unspecified atom stereocenters. The summed E-state index contributed by atoms with van der Waals surface area (Å²) in [4.78, 5) is 12.7. The molecule has 0 radical (unpaired) electrons. The second kappa shape index (κ2) is 8.35. The van der Waals surface area contributed by atoms with Crippen molar-refractivity contribution >= 4 is 61.8 Å². The van der Waals surface area contributed by atoms with Crippen LogP contribution in [-0.4, -0.2) is 24.9 Å². The Morgan fingerprint density at radius 1 is 1.17 bits per heavy atom. The molecule has 154 valence electrons. The maximum absolute atomic E-state index is 12.6. The van der Waals surface area contributed by atoms with Gasteiger partial charge in [0.1, 0.15) is 16.3 Å². The van der Waals surface area contributed by atoms with Crippen LogP contribution < -0.4 is 10.6 Å². The van der Waals surface area contributed by atoms with Crippen molar-refractivity contribution in [3.8, 4) is 11.3 Å². The third-order valence-electron chi connectivity index (χ3n) is 4.10. The lowest BCUT2D eigenvalue weighted by Gasteiger charge is -2.11. The number of rotatable bonds is 5. The van der Waals surface area contributed by atoms with E-state index >= 15 is 0 Å². The SMILES string of the molecule is Cc1onc(-c2c(Cl)cccc2Cl)c1NC(=O)Nc1cscc1S(=O)(=O)C(C)C. The minimum absolute atomic E-state index is 0.0732. The van der Waals surface area contributed by atoms with E-state index in [1.54, 1.807) is 44.4 Å². The van der Waals surface area contributed by atoms with Crippen LogP contribution in [-0.2, 0) is 9.84 Å². The second-order valence-electron chi connectivity index (χ2n) is 6.38. The van der Waals surface area contributed by atoms with E-state index in [2.05, 4.69) is 15.8 Å². The van der Waals surface area contributed by atoms with E-state index < -0.39 is 21.1 Å². The maximum atomic E-state index is 12.6. The zero-order valence-electron chi connectivity index (χ0n) is 15.6. The summed E-state index contributed by atoms with van der Waals surface area (Å²) in [6, 6.07) is 4.32. The summed E-state index contributed by atoms with van der Waals surface area (Å²) >= 11 is 13.7. The van der Waals surface area contributed by atoms with Crippen molar-refractivity contribution in [2.24, 2.45) is 0 Å². The molecule has 2 amide bonds. The first-order chi connectivity index (χ1) is 13.6. The monoisotopic (exact) mass is 473 g/mol. The summed E-state index contributed by atoms with van der Waals surface area (Å²) in [7, 11) is -3.54. The number of carbonyl (C=O) groups is 1. The van der Waals surface area contributed by atoms with Crippen LogP contribution in [0.15, 0.2) is 38.4 Å². The Kier molecular flexibility index (Phi) is 6.23. The van der Waals surface area contributed by atoms with Crippen molar-refractivity contribution in [2.45, 2.75) is 30.9 Å². The lowest BCUT2D eigenvalue weighted by molar-refractivity contribution is 0.262. The number of nitrogens with zero attached hydrogens (tertiary/aromatic N) is 1. The van der Waals surface area contributed by atoms with Crippen molar-refractivity contribution in [3.63, 3.8) is 0 Å². The highest BCUT2D eigenvalue weighted by Gasteiger charge is 2.26. The Morgan fingerprint density at radius 2 is 1.83 bits per heavy atom. The molecule has 0 fully saturated rings. The van der Waals surface area contributed by atoms with Crippen molar-refractivity contribution in [1.82, 2.24) is 5.16 Å². The number of amides is 2. The van der Waals surface area contributed by atoms with Crippen LogP contribution in [0.4, 0.5) is 16.2 Å². The normalized spacial score (nSPS) is 11.7. The molecule has 2 aromatic heterocycles. The molecule has 2 N–H and O–H groups in total. The van der Waals surface area contributed by atoms with Gasteiger partial charge in [0.15, 0.2) is 15.6 Å². The highest BCUT2D eigenvalue weighted by molar-refractivity contribution is 7.92. The highest BCUT2D eigenvalue weighted by Crippen LogP contribution is 2.39. The van der Waals surface area contributed by atoms with Crippen LogP contribution in [0.2, 0.25) is 10.0 Å². The van der Waals surface area contributed by atoms with Crippen LogP contribution in [0.3, 0.4) is 0 Å². The molecule has 0 saturated heterocycles. The molecule has 0 aliphatic heterocycles. The highest BCUT2D eigenvalue weighted by atomic mass is 35.5. The van der Waals surface area contributed by atoms with Gasteiger partial charge in [0.05, 0.1) is 21.0 Å². The third kappa shape index (κ3) is 4.28. The summed E-state index contributed by atoms with van der Waals surface area (Å²) in [6.07, 6.45) is 0. The average Bonchev–Trinajstić information content (AvgIpc) is 3.23. The Labute approximate surface area is 181 Å². The number of urea groups is 1. The fraction of sp³-hybridized carbons (Fsp3) is 0.222. The minimum Gasteiger partial charge on any atom is -0.359 e. The van der Waals surface area contributed by atoms with Gasteiger partial charge in [-0.15, -0.1) is 11.3 Å². The van der Waals surface area contributed by atoms with E-state index in [0.717, 1.165) is 0 Å². The molecule has 0 bridgehead atoms. The number of sulfone groups is 1. The standard InChI is InChI=1S/C18H17Cl2N3O4S2/c1-9(2)29(25,26)14-8-28-7-13(14)21-18(24)22-16-10(3)27-23-17(16)15-11(19)5-4-6-12(15)20/h4-9H,1-3H3,(H2,21,22,24). The third-order valence-corrected chi connectivity index (χ3v) is 7.82. The molecular formula is C18H17Cl2N3O4S2. The fourth-order valence-electron chi connectivity index (χ4n) is 2.53. The molecule has 3 rings (SSSR count). The van der Waals surface area contributed by atoms with E-state index in [1.165, 1.54) is 16.7 Å². The van der Waals surface area contributed by atoms with Gasteiger partial charge in [0.25, 0.3) is 0 Å². The summed E-state index contributed by atoms with van der Waals surface area (Å²) in [5, 5.41) is 12.3. The van der Waals surface area contributed by atoms with Crippen LogP contribution in [0.25, 0.3) is 11.3 Å². The number of hydrogen-bond acceptors (Lipinski definition) is 6. The van der Waals surface area contributed by atoms with Crippen LogP contribution in [0.5, 0.6) is 0 Å². The first kappa shape index (κ1) is 21.6. The van der Waals surface area contributed by atoms with Gasteiger partial charge in [-0.2, -0.15) is 0 Å². The minimum atomic E-state index is -3.54. The Balaban J connectivity index is 1.90. The molecule has 2 heterocycles. The summed E-state index contributed by atoms with van der Waals surface area (Å²) in [6.45, 7) is 4.78. The topological polar surface area (TPSA) is 101 Å². The molecule has 0 saturated carbocycles. The Bertz CT molecular complexity index is 1150. The largest absolute Gasteiger partial charge is 0.359 e. The van der Waals surface area contributed by atoms with E-state index in [-0.39, 0.29) is 22.0 Å². The van der Waals surface area contributed by atoms with Crippen LogP contribution in [0, 0.1) is 6.92 Å². The number of aromatic nitrogens is 1. The van der Waals surface area contributed by atoms with E-state index in [1.807, 2.05) is 0 Å². The zero-order valence-corrected chi connectivity index (χ0v) is 18.8. The lowest BCUT2D eigenvalue weighted by Crippen LogP contribution is -2.22. The number of halogens is 2. The smallest absolute Gasteiger partial charge is 0.323 e. The fourth-order valence-corrected chi connectivity index (χ4v) is 5.45. The molecule has 7 nitrogen and oxygen atoms in total.